The monoisotopic (exact) mass is 766 g/mol. The maximum atomic E-state index is 10.1. The highest BCUT2D eigenvalue weighted by Gasteiger charge is 2.35. The minimum Gasteiger partial charge on any atom is -0.392 e. The number of aliphatic hydroxyl groups excluding tert-OH is 2. The van der Waals surface area contributed by atoms with Gasteiger partial charge in [-0.3, -0.25) is 9.80 Å². The smallest absolute Gasteiger partial charge is 0.129 e. The summed E-state index contributed by atoms with van der Waals surface area (Å²) in [5.74, 6) is 8.74. The highest BCUT2D eigenvalue weighted by atomic mass is 28.3. The molecular weight excluding hydrogens is 701 g/mol. The van der Waals surface area contributed by atoms with Gasteiger partial charge in [0.1, 0.15) is 22.8 Å². The lowest BCUT2D eigenvalue weighted by Gasteiger charge is -2.29. The Hall–Kier alpha value is -2.95. The van der Waals surface area contributed by atoms with Crippen molar-refractivity contribution in [3.8, 4) is 35.3 Å². The SMILES string of the molecule is C#CCO.C[Si](C)(C)C#CCN(CC#C[Si](C)(C)C)Cc1ccccc1.C[Si](C)(C)c1cc(CO)c([Si](C)(C)C)c2c1CN(Cc1ccccc1)C2. The van der Waals surface area contributed by atoms with Crippen LogP contribution in [0.2, 0.25) is 78.6 Å². The molecule has 0 amide bonds. The van der Waals surface area contributed by atoms with Gasteiger partial charge >= 0.3 is 0 Å². The predicted molar refractivity (Wildman–Crippen MR) is 238 cm³/mol. The van der Waals surface area contributed by atoms with Crippen LogP contribution < -0.4 is 10.4 Å². The lowest BCUT2D eigenvalue weighted by Crippen LogP contribution is -2.48. The summed E-state index contributed by atoms with van der Waals surface area (Å²) in [7, 11) is -5.58. The Morgan fingerprint density at radius 1 is 0.673 bits per heavy atom. The molecule has 1 aliphatic rings. The zero-order valence-electron chi connectivity index (χ0n) is 34.4. The maximum absolute atomic E-state index is 10.1. The molecule has 280 valence electrons. The van der Waals surface area contributed by atoms with Crippen molar-refractivity contribution in [3.05, 3.63) is 94.5 Å². The fourth-order valence-corrected chi connectivity index (χ4v) is 11.4. The molecule has 1 heterocycles. The Morgan fingerprint density at radius 3 is 1.54 bits per heavy atom. The van der Waals surface area contributed by atoms with E-state index < -0.39 is 32.3 Å². The zero-order chi connectivity index (χ0) is 39.2. The fraction of sp³-hybridized carbons (Fsp3) is 0.455. The van der Waals surface area contributed by atoms with Gasteiger partial charge in [0.25, 0.3) is 0 Å². The molecule has 8 heteroatoms. The topological polar surface area (TPSA) is 46.9 Å². The molecule has 0 aromatic heterocycles. The summed E-state index contributed by atoms with van der Waals surface area (Å²) in [5, 5.41) is 20.8. The van der Waals surface area contributed by atoms with Gasteiger partial charge in [0.15, 0.2) is 0 Å². The van der Waals surface area contributed by atoms with E-state index in [1.165, 1.54) is 21.9 Å². The molecule has 0 aliphatic carbocycles. The lowest BCUT2D eigenvalue weighted by atomic mass is 10.1. The van der Waals surface area contributed by atoms with Crippen LogP contribution in [0, 0.1) is 35.3 Å². The van der Waals surface area contributed by atoms with E-state index in [4.69, 9.17) is 5.11 Å². The van der Waals surface area contributed by atoms with Gasteiger partial charge in [-0.15, -0.1) is 17.5 Å². The summed E-state index contributed by atoms with van der Waals surface area (Å²) in [4.78, 5) is 4.92. The molecule has 0 atom stereocenters. The molecule has 4 rings (SSSR count). The Labute approximate surface area is 322 Å². The molecule has 3 aromatic carbocycles. The van der Waals surface area contributed by atoms with Gasteiger partial charge in [0, 0.05) is 26.2 Å². The van der Waals surface area contributed by atoms with Crippen LogP contribution >= 0.6 is 0 Å². The van der Waals surface area contributed by atoms with Gasteiger partial charge < -0.3 is 10.2 Å². The van der Waals surface area contributed by atoms with Gasteiger partial charge in [-0.2, -0.15) is 0 Å². The van der Waals surface area contributed by atoms with E-state index in [1.54, 1.807) is 16.3 Å². The second-order valence-electron chi connectivity index (χ2n) is 17.8. The minimum atomic E-state index is -1.53. The summed E-state index contributed by atoms with van der Waals surface area (Å²) in [6.45, 7) is 33.8. The average Bonchev–Trinajstić information content (AvgIpc) is 3.45. The summed E-state index contributed by atoms with van der Waals surface area (Å²) in [5.41, 5.74) is 13.9. The van der Waals surface area contributed by atoms with Crippen LogP contribution in [0.1, 0.15) is 27.8 Å². The van der Waals surface area contributed by atoms with Gasteiger partial charge in [0.2, 0.25) is 0 Å². The first-order valence-electron chi connectivity index (χ1n) is 18.5. The van der Waals surface area contributed by atoms with E-state index in [0.29, 0.717) is 0 Å². The molecule has 0 fully saturated rings. The average molecular weight is 767 g/mol. The van der Waals surface area contributed by atoms with Crippen molar-refractivity contribution >= 4 is 42.7 Å². The molecule has 0 spiro atoms. The first-order chi connectivity index (χ1) is 24.2. The molecule has 0 radical (unpaired) electrons. The largest absolute Gasteiger partial charge is 0.392 e. The van der Waals surface area contributed by atoms with Gasteiger partial charge in [-0.1, -0.05) is 168 Å². The molecule has 4 nitrogen and oxygen atoms in total. The number of terminal acetylenes is 1. The van der Waals surface area contributed by atoms with Crippen LogP contribution in [-0.4, -0.2) is 72.0 Å². The quantitative estimate of drug-likeness (QED) is 0.174. The van der Waals surface area contributed by atoms with E-state index >= 15 is 0 Å². The van der Waals surface area contributed by atoms with Gasteiger partial charge in [0.05, 0.1) is 35.8 Å². The van der Waals surface area contributed by atoms with Crippen molar-refractivity contribution in [2.45, 2.75) is 111 Å². The van der Waals surface area contributed by atoms with Crippen molar-refractivity contribution in [1.29, 1.82) is 0 Å². The van der Waals surface area contributed by atoms with Crippen LogP contribution in [-0.2, 0) is 32.8 Å². The number of rotatable bonds is 9. The van der Waals surface area contributed by atoms with E-state index in [9.17, 15) is 5.11 Å². The Balaban J connectivity index is 0.000000331. The lowest BCUT2D eigenvalue weighted by molar-refractivity contribution is 0.275. The molecule has 1 aliphatic heterocycles. The van der Waals surface area contributed by atoms with Crippen LogP contribution in [0.25, 0.3) is 0 Å². The summed E-state index contributed by atoms with van der Waals surface area (Å²) in [6.07, 6.45) is 4.53. The number of aliphatic hydroxyl groups is 2. The first kappa shape index (κ1) is 45.2. The van der Waals surface area contributed by atoms with E-state index in [-0.39, 0.29) is 13.2 Å². The van der Waals surface area contributed by atoms with Crippen LogP contribution in [0.15, 0.2) is 66.7 Å². The molecular formula is C44H66N2O2Si4. The zero-order valence-corrected chi connectivity index (χ0v) is 38.4. The highest BCUT2D eigenvalue weighted by Crippen LogP contribution is 2.27. The molecule has 0 saturated heterocycles. The third-order valence-electron chi connectivity index (χ3n) is 8.24. The van der Waals surface area contributed by atoms with E-state index in [0.717, 1.165) is 39.3 Å². The fourth-order valence-electron chi connectivity index (χ4n) is 6.22. The molecule has 52 heavy (non-hydrogen) atoms. The summed E-state index contributed by atoms with van der Waals surface area (Å²) in [6, 6.07) is 23.7. The summed E-state index contributed by atoms with van der Waals surface area (Å²) < 4.78 is 0. The number of fused-ring (bicyclic) bond motifs is 1. The van der Waals surface area contributed by atoms with Crippen LogP contribution in [0.3, 0.4) is 0 Å². The highest BCUT2D eigenvalue weighted by molar-refractivity contribution is 6.91. The molecule has 0 saturated carbocycles. The molecule has 0 bridgehead atoms. The van der Waals surface area contributed by atoms with Crippen molar-refractivity contribution < 1.29 is 10.2 Å². The van der Waals surface area contributed by atoms with E-state index in [2.05, 4.69) is 184 Å². The van der Waals surface area contributed by atoms with Crippen LogP contribution in [0.4, 0.5) is 0 Å². The Morgan fingerprint density at radius 2 is 1.13 bits per heavy atom. The van der Waals surface area contributed by atoms with E-state index in [1.807, 2.05) is 5.92 Å². The number of hydrogen-bond acceptors (Lipinski definition) is 4. The van der Waals surface area contributed by atoms with Gasteiger partial charge in [-0.05, 0) is 33.0 Å². The predicted octanol–water partition coefficient (Wildman–Crippen LogP) is 7.65. The van der Waals surface area contributed by atoms with Gasteiger partial charge in [-0.25, -0.2) is 0 Å². The molecule has 0 unspecified atom stereocenters. The second kappa shape index (κ2) is 20.5. The maximum Gasteiger partial charge on any atom is 0.129 e. The molecule has 2 N–H and O–H groups in total. The minimum absolute atomic E-state index is 0.153. The Bertz CT molecular complexity index is 1690. The number of benzene rings is 3. The number of hydrogen-bond donors (Lipinski definition) is 2. The van der Waals surface area contributed by atoms with Crippen molar-refractivity contribution in [2.24, 2.45) is 0 Å². The molecule has 3 aromatic rings. The van der Waals surface area contributed by atoms with Crippen molar-refractivity contribution in [1.82, 2.24) is 9.80 Å². The number of nitrogens with zero attached hydrogens (tertiary/aromatic N) is 2. The van der Waals surface area contributed by atoms with Crippen LogP contribution in [0.5, 0.6) is 0 Å². The first-order valence-corrected chi connectivity index (χ1v) is 32.5. The third kappa shape index (κ3) is 16.4. The third-order valence-corrected chi connectivity index (χ3v) is 14.3. The van der Waals surface area contributed by atoms with Crippen molar-refractivity contribution in [3.63, 3.8) is 0 Å². The Kier molecular flexibility index (Phi) is 17.8. The summed E-state index contributed by atoms with van der Waals surface area (Å²) >= 11 is 0. The second-order valence-corrected chi connectivity index (χ2v) is 37.3. The standard InChI is InChI=1S/C22H33NOSi2.C19H29NSi2.C3H4O/c1-25(2,3)21-12-18(16-24)22(26(4,5)6)20-15-23(14-19(20)21)13-17-10-8-7-9-11-17;1-21(2,3)16-10-14-20(15-11-17-22(4,5)6)18-19-12-8-7-9-13-19;1-2-3-4/h7-12,24H,13-16H2,1-6H3;7-9,12-13H,14-15,18H2,1-6H3;1,4H,3H2. The normalized spacial score (nSPS) is 12.9. The van der Waals surface area contributed by atoms with Crippen molar-refractivity contribution in [2.75, 3.05) is 19.7 Å².